The van der Waals surface area contributed by atoms with Crippen LogP contribution in [0.5, 0.6) is 5.88 Å². The number of nitrogens with zero attached hydrogens (tertiary/aromatic N) is 1. The van der Waals surface area contributed by atoms with E-state index in [1.807, 2.05) is 55.5 Å². The topological polar surface area (TPSA) is 76.4 Å². The quantitative estimate of drug-likeness (QED) is 0.708. The summed E-state index contributed by atoms with van der Waals surface area (Å²) in [5.74, 6) is 1.09. The van der Waals surface area contributed by atoms with E-state index in [-0.39, 0.29) is 5.91 Å². The van der Waals surface area contributed by atoms with Gasteiger partial charge in [-0.25, -0.2) is 0 Å². The van der Waals surface area contributed by atoms with Gasteiger partial charge in [0.15, 0.2) is 5.54 Å². The predicted molar refractivity (Wildman–Crippen MR) is 96.0 cm³/mol. The second kappa shape index (κ2) is 5.44. The van der Waals surface area contributed by atoms with Crippen molar-refractivity contribution in [2.45, 2.75) is 12.5 Å². The zero-order valence-electron chi connectivity index (χ0n) is 14.2. The molecule has 2 aliphatic heterocycles. The third-order valence-electron chi connectivity index (χ3n) is 5.07. The van der Waals surface area contributed by atoms with Crippen LogP contribution in [0.4, 0.5) is 5.69 Å². The highest BCUT2D eigenvalue weighted by atomic mass is 16.5. The molecule has 3 aromatic rings. The molecule has 0 saturated carbocycles. The minimum atomic E-state index is -0.946. The first-order valence-electron chi connectivity index (χ1n) is 8.56. The first kappa shape index (κ1) is 15.2. The van der Waals surface area contributed by atoms with Gasteiger partial charge in [-0.05, 0) is 35.3 Å². The monoisotopic (exact) mass is 347 g/mol. The van der Waals surface area contributed by atoms with Crippen LogP contribution in [0.2, 0.25) is 0 Å². The van der Waals surface area contributed by atoms with Crippen LogP contribution < -0.4 is 15.4 Å². The molecular formula is C20H17N3O3. The van der Waals surface area contributed by atoms with E-state index in [2.05, 4.69) is 15.8 Å². The molecule has 0 spiro atoms. The summed E-state index contributed by atoms with van der Waals surface area (Å²) in [6, 6.07) is 15.7. The summed E-state index contributed by atoms with van der Waals surface area (Å²) in [5.41, 5.74) is 3.41. The average Bonchev–Trinajstić information content (AvgIpc) is 3.17. The van der Waals surface area contributed by atoms with Gasteiger partial charge in [-0.2, -0.15) is 0 Å². The average molecular weight is 347 g/mol. The van der Waals surface area contributed by atoms with Crippen molar-refractivity contribution in [2.24, 2.45) is 0 Å². The summed E-state index contributed by atoms with van der Waals surface area (Å²) >= 11 is 0. The standard InChI is InChI=1S/C20H17N3O3/c1-12-17-13-7-8-16-15(11-13)20(19(24)22-16,14-5-3-2-4-6-14)21-9-10-25-18(17)23-26-12/h2-8,11,21H,9-10H2,1H3,(H,22,24). The Hall–Kier alpha value is -3.12. The number of carbonyl (C=O) groups is 1. The number of anilines is 1. The fraction of sp³-hybridized carbons (Fsp3) is 0.200. The maximum atomic E-state index is 13.1. The maximum absolute atomic E-state index is 13.1. The number of fused-ring (bicyclic) bond motifs is 3. The number of benzene rings is 2. The van der Waals surface area contributed by atoms with E-state index in [1.165, 1.54) is 0 Å². The molecule has 1 atom stereocenters. The second-order valence-electron chi connectivity index (χ2n) is 6.52. The summed E-state index contributed by atoms with van der Waals surface area (Å²) < 4.78 is 11.1. The lowest BCUT2D eigenvalue weighted by Crippen LogP contribution is -2.50. The predicted octanol–water partition coefficient (Wildman–Crippen LogP) is 2.83. The molecule has 26 heavy (non-hydrogen) atoms. The maximum Gasteiger partial charge on any atom is 0.262 e. The number of nitrogens with one attached hydrogen (secondary N) is 2. The fourth-order valence-electron chi connectivity index (χ4n) is 3.87. The summed E-state index contributed by atoms with van der Waals surface area (Å²) in [4.78, 5) is 13.1. The SMILES string of the molecule is Cc1onc2c1-c1ccc3c(c1)C(c1ccccc1)(NCCO2)C(=O)N3. The zero-order chi connectivity index (χ0) is 17.7. The third-order valence-corrected chi connectivity index (χ3v) is 5.07. The van der Waals surface area contributed by atoms with Gasteiger partial charge in [0.25, 0.3) is 11.8 Å². The van der Waals surface area contributed by atoms with Gasteiger partial charge < -0.3 is 14.6 Å². The summed E-state index contributed by atoms with van der Waals surface area (Å²) in [7, 11) is 0. The largest absolute Gasteiger partial charge is 0.474 e. The number of rotatable bonds is 1. The van der Waals surface area contributed by atoms with E-state index in [0.29, 0.717) is 24.8 Å². The van der Waals surface area contributed by atoms with Gasteiger partial charge in [0, 0.05) is 17.8 Å². The van der Waals surface area contributed by atoms with Crippen LogP contribution in [0.25, 0.3) is 11.1 Å². The minimum absolute atomic E-state index is 0.0845. The van der Waals surface area contributed by atoms with E-state index < -0.39 is 5.54 Å². The van der Waals surface area contributed by atoms with Crippen LogP contribution in [0.1, 0.15) is 16.9 Å². The van der Waals surface area contributed by atoms with Crippen LogP contribution >= 0.6 is 0 Å². The summed E-state index contributed by atoms with van der Waals surface area (Å²) in [6.07, 6.45) is 0. The van der Waals surface area contributed by atoms with Crippen molar-refractivity contribution < 1.29 is 14.1 Å². The highest BCUT2D eigenvalue weighted by Gasteiger charge is 2.48. The molecule has 2 N–H and O–H groups in total. The highest BCUT2D eigenvalue weighted by Crippen LogP contribution is 2.44. The van der Waals surface area contributed by atoms with E-state index in [1.54, 1.807) is 0 Å². The van der Waals surface area contributed by atoms with Crippen molar-refractivity contribution in [3.05, 3.63) is 65.4 Å². The molecule has 6 heteroatoms. The highest BCUT2D eigenvalue weighted by molar-refractivity contribution is 6.09. The Morgan fingerprint density at radius 1 is 1.15 bits per heavy atom. The molecule has 1 unspecified atom stereocenters. The van der Waals surface area contributed by atoms with Gasteiger partial charge >= 0.3 is 0 Å². The number of amides is 1. The van der Waals surface area contributed by atoms with Gasteiger partial charge in [0.1, 0.15) is 12.4 Å². The van der Waals surface area contributed by atoms with Crippen molar-refractivity contribution >= 4 is 11.6 Å². The van der Waals surface area contributed by atoms with Crippen LogP contribution in [0.3, 0.4) is 0 Å². The number of aromatic nitrogens is 1. The van der Waals surface area contributed by atoms with Gasteiger partial charge in [-0.1, -0.05) is 36.4 Å². The zero-order valence-corrected chi connectivity index (χ0v) is 14.2. The van der Waals surface area contributed by atoms with Crippen LogP contribution in [-0.4, -0.2) is 24.2 Å². The molecule has 2 aliphatic rings. The minimum Gasteiger partial charge on any atom is -0.474 e. The Balaban J connectivity index is 1.80. The van der Waals surface area contributed by atoms with E-state index in [0.717, 1.165) is 27.9 Å². The van der Waals surface area contributed by atoms with E-state index >= 15 is 0 Å². The molecule has 0 fully saturated rings. The van der Waals surface area contributed by atoms with Crippen LogP contribution in [0, 0.1) is 6.92 Å². The number of carbonyl (C=O) groups excluding carboxylic acids is 1. The van der Waals surface area contributed by atoms with Crippen molar-refractivity contribution in [3.63, 3.8) is 0 Å². The molecule has 1 aromatic heterocycles. The van der Waals surface area contributed by atoms with E-state index in [4.69, 9.17) is 9.26 Å². The number of hydrogen-bond acceptors (Lipinski definition) is 5. The van der Waals surface area contributed by atoms with Crippen molar-refractivity contribution in [1.29, 1.82) is 0 Å². The molecule has 2 aromatic carbocycles. The number of hydrogen-bond donors (Lipinski definition) is 2. The first-order valence-corrected chi connectivity index (χ1v) is 8.56. The van der Waals surface area contributed by atoms with Crippen molar-refractivity contribution in [2.75, 3.05) is 18.5 Å². The number of aryl methyl sites for hydroxylation is 1. The van der Waals surface area contributed by atoms with Crippen molar-refractivity contribution in [1.82, 2.24) is 10.5 Å². The lowest BCUT2D eigenvalue weighted by molar-refractivity contribution is -0.120. The van der Waals surface area contributed by atoms with Crippen molar-refractivity contribution in [3.8, 4) is 17.0 Å². The number of ether oxygens (including phenoxy) is 1. The molecule has 0 saturated heterocycles. The van der Waals surface area contributed by atoms with Gasteiger partial charge in [0.05, 0.1) is 5.56 Å². The smallest absolute Gasteiger partial charge is 0.262 e. The molecule has 1 amide bonds. The molecule has 6 nitrogen and oxygen atoms in total. The van der Waals surface area contributed by atoms with Crippen LogP contribution in [-0.2, 0) is 10.3 Å². The Morgan fingerprint density at radius 2 is 2.00 bits per heavy atom. The summed E-state index contributed by atoms with van der Waals surface area (Å²) in [5, 5.41) is 10.5. The molecule has 3 heterocycles. The lowest BCUT2D eigenvalue weighted by atomic mass is 9.82. The molecule has 2 bridgehead atoms. The second-order valence-corrected chi connectivity index (χ2v) is 6.52. The molecular weight excluding hydrogens is 330 g/mol. The summed E-state index contributed by atoms with van der Waals surface area (Å²) in [6.45, 7) is 2.72. The molecule has 5 rings (SSSR count). The molecule has 0 radical (unpaired) electrons. The van der Waals surface area contributed by atoms with Gasteiger partial charge in [0.2, 0.25) is 0 Å². The van der Waals surface area contributed by atoms with Gasteiger partial charge in [-0.15, -0.1) is 0 Å². The molecule has 130 valence electrons. The fourth-order valence-corrected chi connectivity index (χ4v) is 3.87. The molecule has 0 aliphatic carbocycles. The Morgan fingerprint density at radius 3 is 2.85 bits per heavy atom. The Bertz CT molecular complexity index is 1010. The van der Waals surface area contributed by atoms with Gasteiger partial charge in [-0.3, -0.25) is 10.1 Å². The lowest BCUT2D eigenvalue weighted by Gasteiger charge is -2.30. The van der Waals surface area contributed by atoms with Crippen LogP contribution in [0.15, 0.2) is 53.1 Å². The van der Waals surface area contributed by atoms with E-state index in [9.17, 15) is 4.79 Å². The third kappa shape index (κ3) is 1.96. The Kier molecular flexibility index (Phi) is 3.17. The normalized spacial score (nSPS) is 20.9. The Labute approximate surface area is 150 Å². The first-order chi connectivity index (χ1) is 12.7.